The Morgan fingerprint density at radius 2 is 1.07 bits per heavy atom. The van der Waals surface area contributed by atoms with Crippen LogP contribution in [0.5, 0.6) is 0 Å². The highest BCUT2D eigenvalue weighted by atomic mass is 15.3. The second-order valence-electron chi connectivity index (χ2n) is 7.10. The van der Waals surface area contributed by atoms with Gasteiger partial charge in [0.2, 0.25) is 0 Å². The monoisotopic (exact) mass is 387 g/mol. The molecule has 4 aromatic carbocycles. The average Bonchev–Trinajstić information content (AvgIpc) is 2.85. The van der Waals surface area contributed by atoms with Crippen LogP contribution < -0.4 is 4.90 Å². The molecule has 0 N–H and O–H groups in total. The van der Waals surface area contributed by atoms with Crippen molar-refractivity contribution >= 4 is 17.4 Å². The molecule has 0 amide bonds. The van der Waals surface area contributed by atoms with Crippen LogP contribution in [0.4, 0.5) is 5.69 Å². The summed E-state index contributed by atoms with van der Waals surface area (Å²) in [7, 11) is 0. The van der Waals surface area contributed by atoms with Crippen LogP contribution in [0.25, 0.3) is 11.1 Å². The Hall–Kier alpha value is -3.98. The van der Waals surface area contributed by atoms with Crippen LogP contribution >= 0.6 is 0 Å². The third kappa shape index (κ3) is 3.53. The number of amidine groups is 2. The zero-order valence-corrected chi connectivity index (χ0v) is 16.5. The first-order valence-corrected chi connectivity index (χ1v) is 10.1. The summed E-state index contributed by atoms with van der Waals surface area (Å²) in [5.41, 5.74) is 5.55. The van der Waals surface area contributed by atoms with E-state index >= 15 is 0 Å². The molecule has 0 saturated carbocycles. The molecule has 0 atom stereocenters. The summed E-state index contributed by atoms with van der Waals surface area (Å²) in [5, 5.41) is 0. The largest absolute Gasteiger partial charge is 0.305 e. The zero-order chi connectivity index (χ0) is 20.2. The normalized spacial score (nSPS) is 13.5. The summed E-state index contributed by atoms with van der Waals surface area (Å²) in [5.74, 6) is 1.68. The first-order chi connectivity index (χ1) is 14.9. The molecule has 1 aliphatic heterocycles. The van der Waals surface area contributed by atoms with Gasteiger partial charge in [0.1, 0.15) is 12.5 Å². The highest BCUT2D eigenvalue weighted by Gasteiger charge is 2.23. The van der Waals surface area contributed by atoms with Crippen LogP contribution in [-0.2, 0) is 0 Å². The summed E-state index contributed by atoms with van der Waals surface area (Å²) < 4.78 is 0. The van der Waals surface area contributed by atoms with E-state index in [9.17, 15) is 0 Å². The molecule has 0 fully saturated rings. The number of nitrogens with zero attached hydrogens (tertiary/aromatic N) is 3. The highest BCUT2D eigenvalue weighted by Crippen LogP contribution is 2.32. The van der Waals surface area contributed by atoms with E-state index in [0.717, 1.165) is 28.5 Å². The second-order valence-corrected chi connectivity index (χ2v) is 7.10. The Morgan fingerprint density at radius 1 is 0.533 bits per heavy atom. The maximum absolute atomic E-state index is 5.01. The van der Waals surface area contributed by atoms with Gasteiger partial charge in [-0.2, -0.15) is 0 Å². The summed E-state index contributed by atoms with van der Waals surface area (Å²) >= 11 is 0. The van der Waals surface area contributed by atoms with Gasteiger partial charge in [-0.25, -0.2) is 9.98 Å². The second kappa shape index (κ2) is 8.18. The van der Waals surface area contributed by atoms with E-state index in [-0.39, 0.29) is 0 Å². The van der Waals surface area contributed by atoms with Crippen molar-refractivity contribution in [3.63, 3.8) is 0 Å². The maximum Gasteiger partial charge on any atom is 0.158 e. The van der Waals surface area contributed by atoms with Crippen molar-refractivity contribution in [1.82, 2.24) is 0 Å². The third-order valence-electron chi connectivity index (χ3n) is 5.17. The molecule has 4 aromatic rings. The molecular formula is C27H21N3. The number of hydrogen-bond acceptors (Lipinski definition) is 3. The molecule has 3 nitrogen and oxygen atoms in total. The van der Waals surface area contributed by atoms with Crippen molar-refractivity contribution < 1.29 is 0 Å². The average molecular weight is 387 g/mol. The minimum atomic E-state index is 0.516. The first-order valence-electron chi connectivity index (χ1n) is 10.1. The zero-order valence-electron chi connectivity index (χ0n) is 16.5. The van der Waals surface area contributed by atoms with Crippen LogP contribution in [0.2, 0.25) is 0 Å². The highest BCUT2D eigenvalue weighted by molar-refractivity contribution is 6.19. The number of rotatable bonds is 4. The van der Waals surface area contributed by atoms with Crippen LogP contribution in [-0.4, -0.2) is 18.3 Å². The van der Waals surface area contributed by atoms with E-state index in [1.54, 1.807) is 0 Å². The van der Waals surface area contributed by atoms with Crippen molar-refractivity contribution in [3.05, 3.63) is 126 Å². The fourth-order valence-electron chi connectivity index (χ4n) is 3.71. The smallest absolute Gasteiger partial charge is 0.158 e. The minimum absolute atomic E-state index is 0.516. The van der Waals surface area contributed by atoms with Crippen molar-refractivity contribution in [2.24, 2.45) is 9.98 Å². The lowest BCUT2D eigenvalue weighted by molar-refractivity contribution is 0.986. The third-order valence-corrected chi connectivity index (χ3v) is 5.17. The summed E-state index contributed by atoms with van der Waals surface area (Å²) in [4.78, 5) is 12.0. The van der Waals surface area contributed by atoms with E-state index in [4.69, 9.17) is 9.98 Å². The Balaban J connectivity index is 1.63. The Bertz CT molecular complexity index is 1200. The number of aliphatic imine (C=N–C) groups is 2. The van der Waals surface area contributed by atoms with E-state index in [1.165, 1.54) is 11.1 Å². The van der Waals surface area contributed by atoms with Crippen molar-refractivity contribution in [3.8, 4) is 11.1 Å². The van der Waals surface area contributed by atoms with Gasteiger partial charge in [0.05, 0.1) is 5.69 Å². The van der Waals surface area contributed by atoms with Gasteiger partial charge in [-0.15, -0.1) is 0 Å². The maximum atomic E-state index is 5.01. The fraction of sp³-hybridized carbons (Fsp3) is 0.0370. The van der Waals surface area contributed by atoms with Gasteiger partial charge in [0, 0.05) is 16.7 Å². The summed E-state index contributed by atoms with van der Waals surface area (Å²) in [6.45, 7) is 0.516. The topological polar surface area (TPSA) is 28.0 Å². The molecule has 0 saturated heterocycles. The van der Waals surface area contributed by atoms with Crippen molar-refractivity contribution in [1.29, 1.82) is 0 Å². The molecule has 0 radical (unpaired) electrons. The number of benzene rings is 4. The molecule has 5 rings (SSSR count). The number of anilines is 1. The Kier molecular flexibility index (Phi) is 4.93. The fourth-order valence-corrected chi connectivity index (χ4v) is 3.71. The molecule has 0 aliphatic carbocycles. The van der Waals surface area contributed by atoms with Crippen molar-refractivity contribution in [2.75, 3.05) is 11.6 Å². The van der Waals surface area contributed by atoms with Crippen LogP contribution in [0.1, 0.15) is 11.1 Å². The van der Waals surface area contributed by atoms with Gasteiger partial charge in [0.15, 0.2) is 5.84 Å². The molecule has 144 valence electrons. The minimum Gasteiger partial charge on any atom is -0.305 e. The number of hydrogen-bond donors (Lipinski definition) is 0. The molecule has 0 unspecified atom stereocenters. The SMILES string of the molecule is c1ccc(C2=NCN(c3ccccc3-c3ccccc3)C(c3ccccc3)=N2)cc1. The molecule has 0 bridgehead atoms. The van der Waals surface area contributed by atoms with Gasteiger partial charge in [-0.1, -0.05) is 109 Å². The van der Waals surface area contributed by atoms with Gasteiger partial charge in [-0.05, 0) is 11.6 Å². The predicted octanol–water partition coefficient (Wildman–Crippen LogP) is 6.02. The van der Waals surface area contributed by atoms with E-state index in [1.807, 2.05) is 42.5 Å². The van der Waals surface area contributed by atoms with Gasteiger partial charge >= 0.3 is 0 Å². The van der Waals surface area contributed by atoms with E-state index in [0.29, 0.717) is 6.67 Å². The van der Waals surface area contributed by atoms with E-state index < -0.39 is 0 Å². The number of para-hydroxylation sites is 1. The lowest BCUT2D eigenvalue weighted by atomic mass is 10.0. The van der Waals surface area contributed by atoms with Crippen LogP contribution in [0.3, 0.4) is 0 Å². The first kappa shape index (κ1) is 18.1. The molecule has 0 aromatic heterocycles. The standard InChI is InChI=1S/C27H21N3/c1-4-12-21(13-5-1)24-18-10-11-19-25(24)30-20-28-26(22-14-6-2-7-15-22)29-27(30)23-16-8-3-9-17-23/h1-19H,20H2. The summed E-state index contributed by atoms with van der Waals surface area (Å²) in [6.07, 6.45) is 0. The van der Waals surface area contributed by atoms with Gasteiger partial charge in [-0.3, -0.25) is 0 Å². The summed E-state index contributed by atoms with van der Waals surface area (Å²) in [6, 6.07) is 39.4. The van der Waals surface area contributed by atoms with Crippen LogP contribution in [0, 0.1) is 0 Å². The molecule has 0 spiro atoms. The predicted molar refractivity (Wildman–Crippen MR) is 125 cm³/mol. The Morgan fingerprint density at radius 3 is 1.73 bits per heavy atom. The molecular weight excluding hydrogens is 366 g/mol. The lowest BCUT2D eigenvalue weighted by Crippen LogP contribution is -2.36. The van der Waals surface area contributed by atoms with Crippen LogP contribution in [0.15, 0.2) is 125 Å². The quantitative estimate of drug-likeness (QED) is 0.420. The molecule has 30 heavy (non-hydrogen) atoms. The molecule has 1 aliphatic rings. The van der Waals surface area contributed by atoms with Crippen molar-refractivity contribution in [2.45, 2.75) is 0 Å². The van der Waals surface area contributed by atoms with Gasteiger partial charge < -0.3 is 4.90 Å². The molecule has 3 heteroatoms. The molecule has 1 heterocycles. The van der Waals surface area contributed by atoms with E-state index in [2.05, 4.69) is 77.7 Å². The Labute approximate surface area is 176 Å². The lowest BCUT2D eigenvalue weighted by Gasteiger charge is -2.30. The van der Waals surface area contributed by atoms with Gasteiger partial charge in [0.25, 0.3) is 0 Å².